The Bertz CT molecular complexity index is 936. The number of sulfonamides is 1. The number of amides is 1. The van der Waals surface area contributed by atoms with Gasteiger partial charge in [-0.1, -0.05) is 24.3 Å². The lowest BCUT2D eigenvalue weighted by molar-refractivity contribution is 0.0951. The number of hydrogen-bond acceptors (Lipinski definition) is 4. The highest BCUT2D eigenvalue weighted by Crippen LogP contribution is 2.18. The van der Waals surface area contributed by atoms with Crippen molar-refractivity contribution in [2.45, 2.75) is 32.9 Å². The molecule has 0 saturated carbocycles. The van der Waals surface area contributed by atoms with Gasteiger partial charge in [0.25, 0.3) is 5.91 Å². The lowest BCUT2D eigenvalue weighted by atomic mass is 10.1. The number of nitrogens with zero attached hydrogens (tertiary/aromatic N) is 2. The van der Waals surface area contributed by atoms with Crippen molar-refractivity contribution in [1.82, 2.24) is 10.2 Å². The van der Waals surface area contributed by atoms with Gasteiger partial charge >= 0.3 is 0 Å². The molecular weight excluding hydrogens is 386 g/mol. The van der Waals surface area contributed by atoms with E-state index in [4.69, 9.17) is 0 Å². The van der Waals surface area contributed by atoms with Crippen LogP contribution < -0.4 is 9.62 Å². The molecule has 7 heteroatoms. The average molecular weight is 416 g/mol. The van der Waals surface area contributed by atoms with Crippen LogP contribution in [-0.4, -0.2) is 45.1 Å². The fourth-order valence-electron chi connectivity index (χ4n) is 3.50. The number of rotatable bonds is 8. The highest BCUT2D eigenvalue weighted by Gasteiger charge is 2.16. The molecule has 0 unspecified atom stereocenters. The summed E-state index contributed by atoms with van der Waals surface area (Å²) in [7, 11) is -1.80. The summed E-state index contributed by atoms with van der Waals surface area (Å²) in [5, 5.41) is 2.94. The molecule has 0 spiro atoms. The van der Waals surface area contributed by atoms with Crippen LogP contribution in [-0.2, 0) is 23.1 Å². The maximum atomic E-state index is 12.5. The average Bonchev–Trinajstić information content (AvgIpc) is 3.25. The highest BCUT2D eigenvalue weighted by atomic mass is 32.2. The van der Waals surface area contributed by atoms with E-state index in [1.54, 1.807) is 31.2 Å². The van der Waals surface area contributed by atoms with E-state index in [1.165, 1.54) is 29.8 Å². The van der Waals surface area contributed by atoms with Crippen LogP contribution in [0.4, 0.5) is 5.69 Å². The van der Waals surface area contributed by atoms with Crippen molar-refractivity contribution in [1.29, 1.82) is 0 Å². The Morgan fingerprint density at radius 3 is 2.38 bits per heavy atom. The number of anilines is 1. The van der Waals surface area contributed by atoms with Gasteiger partial charge in [-0.2, -0.15) is 0 Å². The van der Waals surface area contributed by atoms with Gasteiger partial charge in [0.05, 0.1) is 11.4 Å². The molecule has 1 saturated heterocycles. The maximum Gasteiger partial charge on any atom is 0.251 e. The van der Waals surface area contributed by atoms with E-state index in [0.29, 0.717) is 17.8 Å². The van der Waals surface area contributed by atoms with Crippen molar-refractivity contribution in [2.24, 2.45) is 0 Å². The largest absolute Gasteiger partial charge is 0.348 e. The molecule has 1 aliphatic rings. The molecule has 0 radical (unpaired) electrons. The zero-order chi connectivity index (χ0) is 20.9. The quantitative estimate of drug-likeness (QED) is 0.720. The van der Waals surface area contributed by atoms with E-state index in [-0.39, 0.29) is 11.7 Å². The normalized spacial score (nSPS) is 14.7. The van der Waals surface area contributed by atoms with Crippen LogP contribution in [0, 0.1) is 0 Å². The number of carbonyl (C=O) groups excluding carboxylic acids is 1. The Kier molecular flexibility index (Phi) is 6.92. The predicted octanol–water partition coefficient (Wildman–Crippen LogP) is 3.00. The highest BCUT2D eigenvalue weighted by molar-refractivity contribution is 7.92. The summed E-state index contributed by atoms with van der Waals surface area (Å²) in [4.78, 5) is 14.9. The van der Waals surface area contributed by atoms with Crippen LogP contribution in [0.1, 0.15) is 41.3 Å². The van der Waals surface area contributed by atoms with Crippen LogP contribution in [0.15, 0.2) is 48.5 Å². The second-order valence-electron chi connectivity index (χ2n) is 7.40. The summed E-state index contributed by atoms with van der Waals surface area (Å²) < 4.78 is 25.2. The van der Waals surface area contributed by atoms with Gasteiger partial charge in [0, 0.05) is 25.7 Å². The maximum absolute atomic E-state index is 12.5. The van der Waals surface area contributed by atoms with Crippen molar-refractivity contribution >= 4 is 21.6 Å². The summed E-state index contributed by atoms with van der Waals surface area (Å²) in [5.41, 5.74) is 3.38. The van der Waals surface area contributed by atoms with Gasteiger partial charge in [0.2, 0.25) is 10.0 Å². The van der Waals surface area contributed by atoms with Gasteiger partial charge in [0.1, 0.15) is 0 Å². The molecule has 1 N–H and O–H groups in total. The van der Waals surface area contributed by atoms with E-state index in [2.05, 4.69) is 22.3 Å². The minimum absolute atomic E-state index is 0.0303. The van der Waals surface area contributed by atoms with Crippen LogP contribution in [0.5, 0.6) is 0 Å². The van der Waals surface area contributed by atoms with Gasteiger partial charge in [-0.3, -0.25) is 14.0 Å². The topological polar surface area (TPSA) is 69.7 Å². The molecule has 2 aromatic carbocycles. The molecule has 1 fully saturated rings. The summed E-state index contributed by atoms with van der Waals surface area (Å²) in [5.74, 6) is -0.148. The van der Waals surface area contributed by atoms with Crippen LogP contribution in [0.2, 0.25) is 0 Å². The van der Waals surface area contributed by atoms with E-state index < -0.39 is 10.0 Å². The van der Waals surface area contributed by atoms with Crippen molar-refractivity contribution in [3.05, 3.63) is 65.2 Å². The zero-order valence-corrected chi connectivity index (χ0v) is 17.9. The SMILES string of the molecule is CCS(=O)(=O)N(C)c1ccc(C(=O)NCc2cccc(CN3CCCC3)c2)cc1. The first-order valence-corrected chi connectivity index (χ1v) is 11.6. The standard InChI is InChI=1S/C22H29N3O3S/c1-3-29(27,28)24(2)21-11-9-20(10-12-21)22(26)23-16-18-7-6-8-19(15-18)17-25-13-4-5-14-25/h6-12,15H,3-5,13-14,16-17H2,1-2H3,(H,23,26). The molecule has 0 bridgehead atoms. The van der Waals surface area contributed by atoms with Crippen molar-refractivity contribution in [3.63, 3.8) is 0 Å². The molecule has 29 heavy (non-hydrogen) atoms. The summed E-state index contributed by atoms with van der Waals surface area (Å²) in [6.45, 7) is 5.33. The van der Waals surface area contributed by atoms with E-state index in [1.807, 2.05) is 12.1 Å². The molecule has 1 aliphatic heterocycles. The number of hydrogen-bond donors (Lipinski definition) is 1. The second-order valence-corrected chi connectivity index (χ2v) is 9.69. The molecule has 1 heterocycles. The van der Waals surface area contributed by atoms with Gasteiger partial charge in [-0.05, 0) is 68.2 Å². The number of carbonyl (C=O) groups is 1. The first-order chi connectivity index (χ1) is 13.9. The molecule has 6 nitrogen and oxygen atoms in total. The predicted molar refractivity (Wildman–Crippen MR) is 116 cm³/mol. The Morgan fingerprint density at radius 2 is 1.72 bits per heavy atom. The molecule has 156 valence electrons. The third kappa shape index (κ3) is 5.58. The fraction of sp³-hybridized carbons (Fsp3) is 0.409. The van der Waals surface area contributed by atoms with E-state index in [9.17, 15) is 13.2 Å². The summed E-state index contributed by atoms with van der Waals surface area (Å²) in [6.07, 6.45) is 2.55. The number of nitrogens with one attached hydrogen (secondary N) is 1. The molecular formula is C22H29N3O3S. The summed E-state index contributed by atoms with van der Waals surface area (Å²) in [6, 6.07) is 14.9. The molecule has 1 amide bonds. The molecule has 0 atom stereocenters. The minimum Gasteiger partial charge on any atom is -0.348 e. The van der Waals surface area contributed by atoms with Crippen molar-refractivity contribution in [3.8, 4) is 0 Å². The minimum atomic E-state index is -3.31. The Labute approximate surface area is 173 Å². The van der Waals surface area contributed by atoms with Gasteiger partial charge in [-0.15, -0.1) is 0 Å². The number of likely N-dealkylation sites (tertiary alicyclic amines) is 1. The van der Waals surface area contributed by atoms with Crippen LogP contribution in [0.3, 0.4) is 0 Å². The lowest BCUT2D eigenvalue weighted by Gasteiger charge is -2.18. The molecule has 2 aromatic rings. The molecule has 3 rings (SSSR count). The number of benzene rings is 2. The third-order valence-electron chi connectivity index (χ3n) is 5.32. The molecule has 0 aliphatic carbocycles. The first kappa shape index (κ1) is 21.3. The molecule has 0 aromatic heterocycles. The fourth-order valence-corrected chi connectivity index (χ4v) is 4.33. The van der Waals surface area contributed by atoms with Gasteiger partial charge < -0.3 is 5.32 Å². The summed E-state index contributed by atoms with van der Waals surface area (Å²) >= 11 is 0. The van der Waals surface area contributed by atoms with Crippen LogP contribution >= 0.6 is 0 Å². The van der Waals surface area contributed by atoms with E-state index in [0.717, 1.165) is 25.2 Å². The third-order valence-corrected chi connectivity index (χ3v) is 7.10. The van der Waals surface area contributed by atoms with Gasteiger partial charge in [-0.25, -0.2) is 8.42 Å². The first-order valence-electron chi connectivity index (χ1n) is 10.0. The zero-order valence-electron chi connectivity index (χ0n) is 17.1. The Morgan fingerprint density at radius 1 is 1.07 bits per heavy atom. The smallest absolute Gasteiger partial charge is 0.251 e. The van der Waals surface area contributed by atoms with Crippen LogP contribution in [0.25, 0.3) is 0 Å². The van der Waals surface area contributed by atoms with Crippen molar-refractivity contribution < 1.29 is 13.2 Å². The Hall–Kier alpha value is -2.38. The van der Waals surface area contributed by atoms with Gasteiger partial charge in [0.15, 0.2) is 0 Å². The monoisotopic (exact) mass is 415 g/mol. The van der Waals surface area contributed by atoms with Crippen molar-refractivity contribution in [2.75, 3.05) is 30.2 Å². The lowest BCUT2D eigenvalue weighted by Crippen LogP contribution is -2.28. The second kappa shape index (κ2) is 9.41. The van der Waals surface area contributed by atoms with E-state index >= 15 is 0 Å². The Balaban J connectivity index is 1.58.